The number of aromatic nitrogens is 3. The molecular formula is C15H11ClN4S. The number of hydrogen-bond donors (Lipinski definition) is 1. The molecule has 21 heavy (non-hydrogen) atoms. The fraction of sp³-hybridized carbons (Fsp3) is 0.0667. The van der Waals surface area contributed by atoms with Gasteiger partial charge in [-0.25, -0.2) is 4.68 Å². The van der Waals surface area contributed by atoms with Gasteiger partial charge in [-0.3, -0.25) is 0 Å². The first kappa shape index (κ1) is 12.7. The lowest BCUT2D eigenvalue weighted by Gasteiger charge is -2.13. The lowest BCUT2D eigenvalue weighted by atomic mass is 10.2. The predicted octanol–water partition coefficient (Wildman–Crippen LogP) is 3.95. The third-order valence-corrected chi connectivity index (χ3v) is 4.74. The van der Waals surface area contributed by atoms with Crippen LogP contribution in [0, 0.1) is 0 Å². The average Bonchev–Trinajstić information content (AvgIpc) is 3.08. The fourth-order valence-corrected chi connectivity index (χ4v) is 3.65. The topological polar surface area (TPSA) is 42.7 Å². The van der Waals surface area contributed by atoms with Gasteiger partial charge in [0, 0.05) is 16.1 Å². The van der Waals surface area contributed by atoms with E-state index in [2.05, 4.69) is 15.6 Å². The van der Waals surface area contributed by atoms with Gasteiger partial charge >= 0.3 is 0 Å². The first-order valence-electron chi connectivity index (χ1n) is 6.51. The summed E-state index contributed by atoms with van der Waals surface area (Å²) in [5.41, 5.74) is 5.49. The van der Waals surface area contributed by atoms with Crippen LogP contribution in [0.3, 0.4) is 0 Å². The van der Waals surface area contributed by atoms with Gasteiger partial charge in [-0.15, -0.1) is 10.2 Å². The van der Waals surface area contributed by atoms with Crippen LogP contribution < -0.4 is 5.43 Å². The van der Waals surface area contributed by atoms with Gasteiger partial charge in [0.1, 0.15) is 5.37 Å². The highest BCUT2D eigenvalue weighted by Crippen LogP contribution is 2.42. The van der Waals surface area contributed by atoms with Crippen molar-refractivity contribution in [2.45, 2.75) is 10.5 Å². The number of nitrogens with zero attached hydrogens (tertiary/aromatic N) is 3. The van der Waals surface area contributed by atoms with Crippen molar-refractivity contribution in [2.75, 3.05) is 5.43 Å². The molecule has 0 fully saturated rings. The molecule has 2 aromatic carbocycles. The summed E-state index contributed by atoms with van der Waals surface area (Å²) < 4.78 is 1.92. The summed E-state index contributed by atoms with van der Waals surface area (Å²) in [6.45, 7) is 0. The smallest absolute Gasteiger partial charge is 0.212 e. The molecular weight excluding hydrogens is 304 g/mol. The third kappa shape index (κ3) is 2.18. The highest BCUT2D eigenvalue weighted by molar-refractivity contribution is 7.99. The van der Waals surface area contributed by atoms with E-state index < -0.39 is 0 Å². The van der Waals surface area contributed by atoms with Gasteiger partial charge < -0.3 is 5.43 Å². The molecule has 1 atom stereocenters. The average molecular weight is 315 g/mol. The highest BCUT2D eigenvalue weighted by atomic mass is 35.5. The summed E-state index contributed by atoms with van der Waals surface area (Å²) in [6.07, 6.45) is 0. The Morgan fingerprint density at radius 3 is 2.57 bits per heavy atom. The molecule has 1 N–H and O–H groups in total. The van der Waals surface area contributed by atoms with Gasteiger partial charge in [0.15, 0.2) is 5.82 Å². The van der Waals surface area contributed by atoms with Crippen molar-refractivity contribution >= 4 is 23.4 Å². The maximum absolute atomic E-state index is 6.27. The van der Waals surface area contributed by atoms with Crippen molar-refractivity contribution in [3.63, 3.8) is 0 Å². The van der Waals surface area contributed by atoms with Gasteiger partial charge in [0.05, 0.1) is 0 Å². The van der Waals surface area contributed by atoms with Crippen LogP contribution in [0.2, 0.25) is 5.02 Å². The molecule has 1 aliphatic heterocycles. The summed E-state index contributed by atoms with van der Waals surface area (Å²) in [7, 11) is 0. The van der Waals surface area contributed by atoms with E-state index in [0.717, 1.165) is 27.1 Å². The minimum atomic E-state index is 0.0478. The Labute approximate surface area is 131 Å². The normalized spacial score (nSPS) is 16.5. The van der Waals surface area contributed by atoms with Crippen LogP contribution in [0.15, 0.2) is 59.8 Å². The monoisotopic (exact) mass is 314 g/mol. The molecule has 0 unspecified atom stereocenters. The zero-order valence-electron chi connectivity index (χ0n) is 10.9. The Morgan fingerprint density at radius 2 is 1.76 bits per heavy atom. The maximum Gasteiger partial charge on any atom is 0.212 e. The minimum absolute atomic E-state index is 0.0478. The van der Waals surface area contributed by atoms with Gasteiger partial charge in [0.25, 0.3) is 0 Å². The molecule has 1 aliphatic rings. The quantitative estimate of drug-likeness (QED) is 0.778. The van der Waals surface area contributed by atoms with Crippen molar-refractivity contribution in [1.82, 2.24) is 14.9 Å². The van der Waals surface area contributed by atoms with Crippen molar-refractivity contribution in [3.8, 4) is 11.4 Å². The van der Waals surface area contributed by atoms with E-state index in [9.17, 15) is 0 Å². The molecule has 6 heteroatoms. The standard InChI is InChI=1S/C15H11ClN4S/c16-12-9-5-4-8-11(12)14-19-20-13(17-18-15(20)21-14)10-6-2-1-3-7-10/h1-9,14,19H/t14-/m0/s1. The predicted molar refractivity (Wildman–Crippen MR) is 84.9 cm³/mol. The molecule has 0 spiro atoms. The Morgan fingerprint density at radius 1 is 1.00 bits per heavy atom. The lowest BCUT2D eigenvalue weighted by Crippen LogP contribution is -2.14. The van der Waals surface area contributed by atoms with E-state index in [1.165, 1.54) is 0 Å². The number of rotatable bonds is 2. The molecule has 4 rings (SSSR count). The summed E-state index contributed by atoms with van der Waals surface area (Å²) in [6, 6.07) is 17.8. The highest BCUT2D eigenvalue weighted by Gasteiger charge is 2.29. The molecule has 0 aliphatic carbocycles. The van der Waals surface area contributed by atoms with Crippen LogP contribution in [0.4, 0.5) is 0 Å². The van der Waals surface area contributed by atoms with E-state index in [1.807, 2.05) is 59.3 Å². The first-order valence-corrected chi connectivity index (χ1v) is 7.77. The number of nitrogens with one attached hydrogen (secondary N) is 1. The summed E-state index contributed by atoms with van der Waals surface area (Å²) in [5, 5.41) is 10.2. The SMILES string of the molecule is Clc1ccccc1[C@H]1Nn2c(nnc2-c2ccccc2)S1. The van der Waals surface area contributed by atoms with Gasteiger partial charge in [0.2, 0.25) is 5.16 Å². The molecule has 0 saturated carbocycles. The van der Waals surface area contributed by atoms with Crippen LogP contribution in [0.1, 0.15) is 10.9 Å². The molecule has 0 saturated heterocycles. The van der Waals surface area contributed by atoms with E-state index in [-0.39, 0.29) is 5.37 Å². The largest absolute Gasteiger partial charge is 0.304 e. The van der Waals surface area contributed by atoms with E-state index >= 15 is 0 Å². The van der Waals surface area contributed by atoms with Crippen LogP contribution in [-0.4, -0.2) is 14.9 Å². The number of benzene rings is 2. The van der Waals surface area contributed by atoms with E-state index in [4.69, 9.17) is 11.6 Å². The summed E-state index contributed by atoms with van der Waals surface area (Å²) in [5.74, 6) is 0.813. The van der Waals surface area contributed by atoms with Crippen LogP contribution in [0.25, 0.3) is 11.4 Å². The van der Waals surface area contributed by atoms with E-state index in [0.29, 0.717) is 0 Å². The molecule has 104 valence electrons. The minimum Gasteiger partial charge on any atom is -0.304 e. The van der Waals surface area contributed by atoms with Crippen molar-refractivity contribution in [3.05, 3.63) is 65.2 Å². The summed E-state index contributed by atoms with van der Waals surface area (Å²) >= 11 is 7.89. The molecule has 4 nitrogen and oxygen atoms in total. The number of hydrogen-bond acceptors (Lipinski definition) is 4. The Bertz CT molecular complexity index is 787. The third-order valence-electron chi connectivity index (χ3n) is 3.32. The first-order chi connectivity index (χ1) is 10.3. The molecule has 1 aromatic heterocycles. The molecule has 0 amide bonds. The van der Waals surface area contributed by atoms with Crippen LogP contribution in [0.5, 0.6) is 0 Å². The molecule has 0 radical (unpaired) electrons. The maximum atomic E-state index is 6.27. The Hall–Kier alpha value is -1.98. The van der Waals surface area contributed by atoms with E-state index in [1.54, 1.807) is 11.8 Å². The summed E-state index contributed by atoms with van der Waals surface area (Å²) in [4.78, 5) is 0. The molecule has 3 aromatic rings. The second-order valence-electron chi connectivity index (χ2n) is 4.66. The zero-order chi connectivity index (χ0) is 14.2. The number of fused-ring (bicyclic) bond motifs is 1. The number of halogens is 1. The van der Waals surface area contributed by atoms with Crippen LogP contribution >= 0.6 is 23.4 Å². The lowest BCUT2D eigenvalue weighted by molar-refractivity contribution is 0.792. The second kappa shape index (κ2) is 5.09. The van der Waals surface area contributed by atoms with Gasteiger partial charge in [-0.1, -0.05) is 71.9 Å². The van der Waals surface area contributed by atoms with Gasteiger partial charge in [-0.2, -0.15) is 0 Å². The van der Waals surface area contributed by atoms with Crippen LogP contribution in [-0.2, 0) is 0 Å². The number of thioether (sulfide) groups is 1. The zero-order valence-corrected chi connectivity index (χ0v) is 12.5. The van der Waals surface area contributed by atoms with Gasteiger partial charge in [-0.05, 0) is 6.07 Å². The molecule has 2 heterocycles. The molecule has 0 bridgehead atoms. The second-order valence-corrected chi connectivity index (χ2v) is 6.14. The Kier molecular flexibility index (Phi) is 3.09. The fourth-order valence-electron chi connectivity index (χ4n) is 2.31. The van der Waals surface area contributed by atoms with Crippen molar-refractivity contribution in [2.24, 2.45) is 0 Å². The van der Waals surface area contributed by atoms with Crippen molar-refractivity contribution < 1.29 is 0 Å². The Balaban J connectivity index is 1.70. The van der Waals surface area contributed by atoms with Crippen molar-refractivity contribution in [1.29, 1.82) is 0 Å².